The number of rotatable bonds is 5. The maximum atomic E-state index is 4.25. The number of aryl methyl sites for hydroxylation is 1. The van der Waals surface area contributed by atoms with E-state index < -0.39 is 0 Å². The second kappa shape index (κ2) is 6.01. The van der Waals surface area contributed by atoms with Gasteiger partial charge in [-0.25, -0.2) is 0 Å². The Morgan fingerprint density at radius 2 is 2.41 bits per heavy atom. The van der Waals surface area contributed by atoms with E-state index in [2.05, 4.69) is 35.7 Å². The Bertz CT molecular complexity index is 367. The molecule has 3 nitrogen and oxygen atoms in total. The van der Waals surface area contributed by atoms with E-state index in [1.54, 1.807) is 0 Å². The van der Waals surface area contributed by atoms with Crippen molar-refractivity contribution in [3.63, 3.8) is 0 Å². The van der Waals surface area contributed by atoms with E-state index in [0.29, 0.717) is 6.04 Å². The normalized spacial score (nSPS) is 21.6. The largest absolute Gasteiger partial charge is 0.310 e. The number of hydrogen-bond donors (Lipinski definition) is 1. The van der Waals surface area contributed by atoms with Gasteiger partial charge in [0.15, 0.2) is 0 Å². The molecule has 0 radical (unpaired) electrons. The number of aromatic nitrogens is 2. The van der Waals surface area contributed by atoms with Crippen LogP contribution in [-0.2, 0) is 7.05 Å². The van der Waals surface area contributed by atoms with Gasteiger partial charge in [-0.1, -0.05) is 19.1 Å². The Morgan fingerprint density at radius 3 is 3.00 bits per heavy atom. The fraction of sp³-hybridized carbons (Fsp3) is 0.643. The minimum absolute atomic E-state index is 0.453. The van der Waals surface area contributed by atoms with Crippen LogP contribution in [0, 0.1) is 5.92 Å². The van der Waals surface area contributed by atoms with Crippen LogP contribution in [-0.4, -0.2) is 16.3 Å². The summed E-state index contributed by atoms with van der Waals surface area (Å²) in [4.78, 5) is 0. The van der Waals surface area contributed by atoms with Crippen LogP contribution in [0.2, 0.25) is 0 Å². The second-order valence-electron chi connectivity index (χ2n) is 4.97. The summed E-state index contributed by atoms with van der Waals surface area (Å²) in [5.74, 6) is 0.811. The highest BCUT2D eigenvalue weighted by molar-refractivity contribution is 5.10. The standard InChI is InChI=1S/C14H23N3/c1-3-14(13-10-16-17(2)11-13)15-9-12-7-5-4-6-8-12/h4-5,10-12,14-15H,3,6-9H2,1-2H3/t12-,14+/m1/s1. The lowest BCUT2D eigenvalue weighted by Crippen LogP contribution is -2.27. The maximum Gasteiger partial charge on any atom is 0.0537 e. The minimum atomic E-state index is 0.453. The molecule has 0 saturated carbocycles. The van der Waals surface area contributed by atoms with Crippen LogP contribution in [0.1, 0.15) is 44.2 Å². The van der Waals surface area contributed by atoms with Gasteiger partial charge >= 0.3 is 0 Å². The molecular formula is C14H23N3. The fourth-order valence-electron chi connectivity index (χ4n) is 2.47. The van der Waals surface area contributed by atoms with Gasteiger partial charge in [-0.2, -0.15) is 5.10 Å². The lowest BCUT2D eigenvalue weighted by molar-refractivity contribution is 0.400. The van der Waals surface area contributed by atoms with Crippen LogP contribution in [0.3, 0.4) is 0 Å². The van der Waals surface area contributed by atoms with Crippen LogP contribution in [0.5, 0.6) is 0 Å². The van der Waals surface area contributed by atoms with Crippen molar-refractivity contribution >= 4 is 0 Å². The molecule has 0 unspecified atom stereocenters. The zero-order chi connectivity index (χ0) is 12.1. The first-order valence-electron chi connectivity index (χ1n) is 6.66. The molecule has 1 aromatic rings. The summed E-state index contributed by atoms with van der Waals surface area (Å²) in [5, 5.41) is 7.93. The van der Waals surface area contributed by atoms with E-state index in [1.165, 1.54) is 24.8 Å². The summed E-state index contributed by atoms with van der Waals surface area (Å²) in [6, 6.07) is 0.453. The first kappa shape index (κ1) is 12.4. The van der Waals surface area contributed by atoms with Crippen LogP contribution < -0.4 is 5.32 Å². The number of nitrogens with one attached hydrogen (secondary N) is 1. The minimum Gasteiger partial charge on any atom is -0.310 e. The molecule has 94 valence electrons. The van der Waals surface area contributed by atoms with Crippen LogP contribution in [0.25, 0.3) is 0 Å². The molecule has 0 amide bonds. The van der Waals surface area contributed by atoms with E-state index >= 15 is 0 Å². The molecule has 0 spiro atoms. The Labute approximate surface area is 104 Å². The summed E-state index contributed by atoms with van der Waals surface area (Å²) in [7, 11) is 1.97. The molecule has 1 N–H and O–H groups in total. The molecule has 0 fully saturated rings. The van der Waals surface area contributed by atoms with Crippen molar-refractivity contribution in [1.82, 2.24) is 15.1 Å². The fourth-order valence-corrected chi connectivity index (χ4v) is 2.47. The van der Waals surface area contributed by atoms with Crippen molar-refractivity contribution in [3.8, 4) is 0 Å². The molecule has 0 aromatic carbocycles. The molecule has 0 saturated heterocycles. The zero-order valence-electron chi connectivity index (χ0n) is 10.9. The van der Waals surface area contributed by atoms with E-state index in [9.17, 15) is 0 Å². The summed E-state index contributed by atoms with van der Waals surface area (Å²) >= 11 is 0. The highest BCUT2D eigenvalue weighted by Crippen LogP contribution is 2.20. The smallest absolute Gasteiger partial charge is 0.0537 e. The van der Waals surface area contributed by atoms with E-state index in [1.807, 2.05) is 17.9 Å². The Hall–Kier alpha value is -1.09. The molecule has 0 bridgehead atoms. The average Bonchev–Trinajstić information content (AvgIpc) is 2.78. The van der Waals surface area contributed by atoms with Gasteiger partial charge in [0.05, 0.1) is 6.20 Å². The van der Waals surface area contributed by atoms with Gasteiger partial charge in [0, 0.05) is 24.8 Å². The maximum absolute atomic E-state index is 4.25. The van der Waals surface area contributed by atoms with E-state index in [4.69, 9.17) is 0 Å². The predicted molar refractivity (Wildman–Crippen MR) is 70.7 cm³/mol. The monoisotopic (exact) mass is 233 g/mol. The summed E-state index contributed by atoms with van der Waals surface area (Å²) in [5.41, 5.74) is 1.31. The van der Waals surface area contributed by atoms with Gasteiger partial charge < -0.3 is 5.32 Å². The molecule has 0 aliphatic heterocycles. The van der Waals surface area contributed by atoms with Crippen molar-refractivity contribution in [1.29, 1.82) is 0 Å². The number of allylic oxidation sites excluding steroid dienone is 2. The zero-order valence-corrected chi connectivity index (χ0v) is 10.9. The molecule has 1 aromatic heterocycles. The summed E-state index contributed by atoms with van der Waals surface area (Å²) in [6.45, 7) is 3.35. The van der Waals surface area contributed by atoms with E-state index in [-0.39, 0.29) is 0 Å². The first-order valence-corrected chi connectivity index (χ1v) is 6.66. The molecule has 2 rings (SSSR count). The van der Waals surface area contributed by atoms with Gasteiger partial charge in [0.25, 0.3) is 0 Å². The lowest BCUT2D eigenvalue weighted by Gasteiger charge is -2.22. The lowest BCUT2D eigenvalue weighted by atomic mass is 9.94. The van der Waals surface area contributed by atoms with Gasteiger partial charge in [-0.15, -0.1) is 0 Å². The highest BCUT2D eigenvalue weighted by Gasteiger charge is 2.14. The Morgan fingerprint density at radius 1 is 1.53 bits per heavy atom. The average molecular weight is 233 g/mol. The van der Waals surface area contributed by atoms with Gasteiger partial charge in [-0.3, -0.25) is 4.68 Å². The van der Waals surface area contributed by atoms with Crippen molar-refractivity contribution in [2.24, 2.45) is 13.0 Å². The summed E-state index contributed by atoms with van der Waals surface area (Å²) < 4.78 is 1.88. The van der Waals surface area contributed by atoms with Crippen molar-refractivity contribution in [2.75, 3.05) is 6.54 Å². The summed E-state index contributed by atoms with van der Waals surface area (Å²) in [6.07, 6.45) is 13.6. The number of nitrogens with zero attached hydrogens (tertiary/aromatic N) is 2. The van der Waals surface area contributed by atoms with Gasteiger partial charge in [0.2, 0.25) is 0 Å². The predicted octanol–water partition coefficient (Wildman–Crippen LogP) is 2.82. The van der Waals surface area contributed by atoms with Crippen molar-refractivity contribution in [2.45, 2.75) is 38.6 Å². The molecule has 17 heavy (non-hydrogen) atoms. The molecular weight excluding hydrogens is 210 g/mol. The Balaban J connectivity index is 1.85. The van der Waals surface area contributed by atoms with Crippen LogP contribution in [0.4, 0.5) is 0 Å². The third-order valence-corrected chi connectivity index (χ3v) is 3.57. The van der Waals surface area contributed by atoms with E-state index in [0.717, 1.165) is 18.9 Å². The second-order valence-corrected chi connectivity index (χ2v) is 4.97. The molecule has 3 heteroatoms. The SMILES string of the molecule is CC[C@H](NC[C@@H]1CC=CCC1)c1cnn(C)c1. The van der Waals surface area contributed by atoms with Gasteiger partial charge in [-0.05, 0) is 38.1 Å². The third kappa shape index (κ3) is 3.43. The third-order valence-electron chi connectivity index (χ3n) is 3.57. The van der Waals surface area contributed by atoms with Crippen LogP contribution in [0.15, 0.2) is 24.5 Å². The molecule has 1 heterocycles. The van der Waals surface area contributed by atoms with Gasteiger partial charge in [0.1, 0.15) is 0 Å². The van der Waals surface area contributed by atoms with Crippen molar-refractivity contribution < 1.29 is 0 Å². The Kier molecular flexibility index (Phi) is 4.37. The highest BCUT2D eigenvalue weighted by atomic mass is 15.2. The number of hydrogen-bond acceptors (Lipinski definition) is 2. The van der Waals surface area contributed by atoms with Crippen LogP contribution >= 0.6 is 0 Å². The molecule has 2 atom stereocenters. The van der Waals surface area contributed by atoms with Crippen molar-refractivity contribution in [3.05, 3.63) is 30.1 Å². The molecule has 1 aliphatic carbocycles. The first-order chi connectivity index (χ1) is 8.29. The quantitative estimate of drug-likeness (QED) is 0.793. The molecule has 1 aliphatic rings. The topological polar surface area (TPSA) is 29.9 Å².